The minimum Gasteiger partial charge on any atom is -0.466 e. The summed E-state index contributed by atoms with van der Waals surface area (Å²) in [6.45, 7) is 4.91. The summed E-state index contributed by atoms with van der Waals surface area (Å²) in [5.41, 5.74) is 0. The van der Waals surface area contributed by atoms with Crippen LogP contribution in [0, 0.1) is 0 Å². The maximum atomic E-state index is 12.4. The van der Waals surface area contributed by atoms with Gasteiger partial charge in [0.05, 0.1) is 25.4 Å². The van der Waals surface area contributed by atoms with Crippen LogP contribution in [0.25, 0.3) is 0 Å². The maximum Gasteiger partial charge on any atom is 0.305 e. The Kier molecular flexibility index (Phi) is 54.1. The normalized spacial score (nSPS) is 12.8. The lowest BCUT2D eigenvalue weighted by atomic mass is 10.0. The maximum absolute atomic E-state index is 12.4. The number of unbranched alkanes of at least 4 members (excludes halogenated alkanes) is 37. The van der Waals surface area contributed by atoms with Crippen LogP contribution >= 0.6 is 0 Å². The quantitative estimate of drug-likeness (QED) is 0.0321. The van der Waals surface area contributed by atoms with Crippen molar-refractivity contribution in [1.29, 1.82) is 0 Å². The molecule has 0 aliphatic heterocycles. The van der Waals surface area contributed by atoms with Gasteiger partial charge in [-0.05, 0) is 83.5 Å². The third kappa shape index (κ3) is 51.5. The standard InChI is InChI=1S/C60H113NO5/c1-3-5-7-9-11-13-15-16-17-18-21-25-28-31-34-38-42-46-50-54-60(65)66-55-51-47-43-39-35-32-29-26-23-20-19-22-24-27-30-33-37-41-45-49-53-59(64)61-57(56-62)58(63)52-48-44-40-36-14-12-10-8-6-4-2/h11,13,16-17,19,22,57-58,62-63H,3-10,12,14-15,18,20-21,23-56H2,1-2H3,(H,61,64)/b13-11-,17-16-,22-19-. The highest BCUT2D eigenvalue weighted by Crippen LogP contribution is 2.16. The molecule has 0 aliphatic carbocycles. The molecule has 0 spiro atoms. The Balaban J connectivity index is 3.40. The first-order valence-corrected chi connectivity index (χ1v) is 29.2. The van der Waals surface area contributed by atoms with Crippen LogP contribution in [0.2, 0.25) is 0 Å². The summed E-state index contributed by atoms with van der Waals surface area (Å²) in [4.78, 5) is 24.5. The van der Waals surface area contributed by atoms with Crippen LogP contribution in [-0.2, 0) is 14.3 Å². The summed E-state index contributed by atoms with van der Waals surface area (Å²) in [5, 5.41) is 23.1. The van der Waals surface area contributed by atoms with E-state index >= 15 is 0 Å². The molecule has 66 heavy (non-hydrogen) atoms. The number of allylic oxidation sites excluding steroid dienone is 6. The Hall–Kier alpha value is -1.92. The summed E-state index contributed by atoms with van der Waals surface area (Å²) in [6.07, 6.45) is 68.6. The first-order valence-electron chi connectivity index (χ1n) is 29.2. The van der Waals surface area contributed by atoms with Gasteiger partial charge in [0.25, 0.3) is 0 Å². The first-order chi connectivity index (χ1) is 32.5. The number of hydrogen-bond donors (Lipinski definition) is 3. The van der Waals surface area contributed by atoms with E-state index in [1.54, 1.807) is 0 Å². The van der Waals surface area contributed by atoms with Crippen molar-refractivity contribution in [3.8, 4) is 0 Å². The van der Waals surface area contributed by atoms with Gasteiger partial charge in [-0.1, -0.05) is 249 Å². The van der Waals surface area contributed by atoms with Crippen LogP contribution < -0.4 is 5.32 Å². The van der Waals surface area contributed by atoms with Crippen molar-refractivity contribution in [3.05, 3.63) is 36.5 Å². The molecule has 0 heterocycles. The van der Waals surface area contributed by atoms with E-state index in [0.29, 0.717) is 25.9 Å². The molecule has 0 aromatic carbocycles. The molecule has 0 saturated heterocycles. The second kappa shape index (κ2) is 55.7. The van der Waals surface area contributed by atoms with Crippen LogP contribution in [0.3, 0.4) is 0 Å². The summed E-state index contributed by atoms with van der Waals surface area (Å²) in [7, 11) is 0. The number of ether oxygens (including phenoxy) is 1. The lowest BCUT2D eigenvalue weighted by Gasteiger charge is -2.22. The molecule has 0 aliphatic rings. The molecule has 0 radical (unpaired) electrons. The van der Waals surface area contributed by atoms with Crippen molar-refractivity contribution >= 4 is 11.9 Å². The SMILES string of the molecule is CCCCC/C=C\C/C=C\CCCCCCCCCCCC(=O)OCCCCCCCCCCC/C=C\CCCCCCCCCC(=O)NC(CO)C(O)CCCCCCCCCCCC. The Labute approximate surface area is 411 Å². The molecule has 0 saturated carbocycles. The van der Waals surface area contributed by atoms with Crippen molar-refractivity contribution in [2.75, 3.05) is 13.2 Å². The van der Waals surface area contributed by atoms with Gasteiger partial charge in [0.15, 0.2) is 0 Å². The first kappa shape index (κ1) is 64.1. The fraction of sp³-hybridized carbons (Fsp3) is 0.867. The van der Waals surface area contributed by atoms with Gasteiger partial charge in [-0.15, -0.1) is 0 Å². The summed E-state index contributed by atoms with van der Waals surface area (Å²) in [5.74, 6) is -0.0432. The third-order valence-electron chi connectivity index (χ3n) is 13.4. The van der Waals surface area contributed by atoms with Crippen LogP contribution in [0.5, 0.6) is 0 Å². The second-order valence-corrected chi connectivity index (χ2v) is 20.0. The van der Waals surface area contributed by atoms with E-state index in [-0.39, 0.29) is 18.5 Å². The molecule has 3 N–H and O–H groups in total. The number of aliphatic hydroxyl groups excluding tert-OH is 2. The molecular weight excluding hydrogens is 815 g/mol. The number of carbonyl (C=O) groups excluding carboxylic acids is 2. The molecule has 6 nitrogen and oxygen atoms in total. The zero-order valence-electron chi connectivity index (χ0n) is 44.2. The van der Waals surface area contributed by atoms with E-state index in [0.717, 1.165) is 51.4 Å². The van der Waals surface area contributed by atoms with E-state index in [9.17, 15) is 19.8 Å². The topological polar surface area (TPSA) is 95.9 Å². The fourth-order valence-electron chi connectivity index (χ4n) is 8.90. The number of hydrogen-bond acceptors (Lipinski definition) is 5. The van der Waals surface area contributed by atoms with Crippen LogP contribution in [0.1, 0.15) is 309 Å². The van der Waals surface area contributed by atoms with E-state index < -0.39 is 12.1 Å². The zero-order chi connectivity index (χ0) is 47.9. The number of nitrogens with one attached hydrogen (secondary N) is 1. The van der Waals surface area contributed by atoms with Gasteiger partial charge in [0, 0.05) is 12.8 Å². The van der Waals surface area contributed by atoms with Crippen molar-refractivity contribution < 1.29 is 24.5 Å². The summed E-state index contributed by atoms with van der Waals surface area (Å²) in [6, 6.07) is -0.546. The van der Waals surface area contributed by atoms with Gasteiger partial charge < -0.3 is 20.3 Å². The number of carbonyl (C=O) groups is 2. The molecule has 2 atom stereocenters. The lowest BCUT2D eigenvalue weighted by molar-refractivity contribution is -0.143. The molecule has 0 rings (SSSR count). The van der Waals surface area contributed by atoms with Crippen LogP contribution in [-0.4, -0.2) is 47.4 Å². The smallest absolute Gasteiger partial charge is 0.305 e. The molecule has 388 valence electrons. The Morgan fingerprint density at radius 1 is 0.424 bits per heavy atom. The highest BCUT2D eigenvalue weighted by Gasteiger charge is 2.20. The summed E-state index contributed by atoms with van der Waals surface area (Å²) >= 11 is 0. The van der Waals surface area contributed by atoms with Crippen LogP contribution in [0.15, 0.2) is 36.5 Å². The Bertz CT molecular complexity index is 1070. The van der Waals surface area contributed by atoms with Gasteiger partial charge in [-0.2, -0.15) is 0 Å². The molecule has 0 aromatic rings. The lowest BCUT2D eigenvalue weighted by Crippen LogP contribution is -2.45. The minimum absolute atomic E-state index is 0.00219. The fourth-order valence-corrected chi connectivity index (χ4v) is 8.90. The molecule has 2 unspecified atom stereocenters. The van der Waals surface area contributed by atoms with Crippen molar-refractivity contribution in [1.82, 2.24) is 5.32 Å². The molecule has 0 fully saturated rings. The van der Waals surface area contributed by atoms with Gasteiger partial charge in [-0.3, -0.25) is 9.59 Å². The Morgan fingerprint density at radius 3 is 1.20 bits per heavy atom. The van der Waals surface area contributed by atoms with Gasteiger partial charge >= 0.3 is 5.97 Å². The molecule has 0 aromatic heterocycles. The molecule has 1 amide bonds. The van der Waals surface area contributed by atoms with Gasteiger partial charge in [0.2, 0.25) is 5.91 Å². The monoisotopic (exact) mass is 928 g/mol. The van der Waals surface area contributed by atoms with Crippen molar-refractivity contribution in [2.24, 2.45) is 0 Å². The van der Waals surface area contributed by atoms with Crippen molar-refractivity contribution in [3.63, 3.8) is 0 Å². The highest BCUT2D eigenvalue weighted by atomic mass is 16.5. The van der Waals surface area contributed by atoms with Crippen LogP contribution in [0.4, 0.5) is 0 Å². The van der Waals surface area contributed by atoms with E-state index in [1.165, 1.54) is 225 Å². The molecular formula is C60H113NO5. The highest BCUT2D eigenvalue weighted by molar-refractivity contribution is 5.76. The number of amides is 1. The average Bonchev–Trinajstić information content (AvgIpc) is 3.32. The number of aliphatic hydroxyl groups is 2. The van der Waals surface area contributed by atoms with E-state index in [4.69, 9.17) is 4.74 Å². The largest absolute Gasteiger partial charge is 0.466 e. The predicted molar refractivity (Wildman–Crippen MR) is 287 cm³/mol. The number of esters is 1. The van der Waals surface area contributed by atoms with Gasteiger partial charge in [-0.25, -0.2) is 0 Å². The predicted octanol–water partition coefficient (Wildman–Crippen LogP) is 18.0. The molecule has 0 bridgehead atoms. The van der Waals surface area contributed by atoms with E-state index in [2.05, 4.69) is 55.6 Å². The molecule has 6 heteroatoms. The average molecular weight is 929 g/mol. The minimum atomic E-state index is -0.668. The Morgan fingerprint density at radius 2 is 0.758 bits per heavy atom. The van der Waals surface area contributed by atoms with E-state index in [1.807, 2.05) is 0 Å². The third-order valence-corrected chi connectivity index (χ3v) is 13.4. The zero-order valence-corrected chi connectivity index (χ0v) is 44.2. The summed E-state index contributed by atoms with van der Waals surface area (Å²) < 4.78 is 5.49. The van der Waals surface area contributed by atoms with Crippen molar-refractivity contribution in [2.45, 2.75) is 321 Å². The van der Waals surface area contributed by atoms with Gasteiger partial charge in [0.1, 0.15) is 0 Å². The second-order valence-electron chi connectivity index (χ2n) is 20.0. The number of rotatable bonds is 54.